The van der Waals surface area contributed by atoms with Crippen LogP contribution in [-0.4, -0.2) is 36.3 Å². The third kappa shape index (κ3) is 3.06. The van der Waals surface area contributed by atoms with Crippen LogP contribution >= 0.6 is 0 Å². The van der Waals surface area contributed by atoms with E-state index in [1.165, 1.54) is 22.2 Å². The molecule has 0 amide bonds. The predicted molar refractivity (Wildman–Crippen MR) is 105 cm³/mol. The van der Waals surface area contributed by atoms with E-state index in [9.17, 15) is 0 Å². The maximum absolute atomic E-state index is 5.96. The third-order valence-corrected chi connectivity index (χ3v) is 5.47. The minimum Gasteiger partial charge on any atom is -0.497 e. The molecule has 1 aliphatic rings. The number of fused-ring (bicyclic) bond motifs is 3. The van der Waals surface area contributed by atoms with Crippen LogP contribution in [0.25, 0.3) is 10.9 Å². The van der Waals surface area contributed by atoms with E-state index >= 15 is 0 Å². The fraction of sp³-hybridized carbons (Fsp3) is 0.364. The molecule has 26 heavy (non-hydrogen) atoms. The maximum atomic E-state index is 5.96. The summed E-state index contributed by atoms with van der Waals surface area (Å²) in [6.45, 7) is 4.79. The molecule has 136 valence electrons. The van der Waals surface area contributed by atoms with Crippen LogP contribution in [0.3, 0.4) is 0 Å². The number of hydrogen-bond donors (Lipinski definition) is 0. The number of benzene rings is 2. The standard InChI is InChI=1S/C22H26N2O2/c1-16-13-22-20(15-23(16)2)19-14-18(25-3)9-10-21(19)24(22)11-12-26-17-7-5-4-6-8-17/h4-10,14,16H,11-13,15H2,1-3H3. The van der Waals surface area contributed by atoms with Gasteiger partial charge in [-0.3, -0.25) is 4.90 Å². The Kier molecular flexibility index (Phi) is 4.60. The summed E-state index contributed by atoms with van der Waals surface area (Å²) in [6.07, 6.45) is 1.06. The number of likely N-dealkylation sites (N-methyl/N-ethyl adjacent to an activating group) is 1. The van der Waals surface area contributed by atoms with Crippen molar-refractivity contribution >= 4 is 10.9 Å². The first-order valence-electron chi connectivity index (χ1n) is 9.23. The Bertz CT molecular complexity index is 901. The normalized spacial score (nSPS) is 17.3. The summed E-state index contributed by atoms with van der Waals surface area (Å²) in [6, 6.07) is 17.0. The topological polar surface area (TPSA) is 26.6 Å². The van der Waals surface area contributed by atoms with E-state index in [4.69, 9.17) is 9.47 Å². The molecule has 0 saturated heterocycles. The molecular weight excluding hydrogens is 324 g/mol. The van der Waals surface area contributed by atoms with Crippen molar-refractivity contribution in [2.45, 2.75) is 32.5 Å². The first-order chi connectivity index (χ1) is 12.7. The summed E-state index contributed by atoms with van der Waals surface area (Å²) < 4.78 is 13.9. The minimum absolute atomic E-state index is 0.544. The monoisotopic (exact) mass is 350 g/mol. The molecule has 0 N–H and O–H groups in total. The van der Waals surface area contributed by atoms with Gasteiger partial charge in [0.2, 0.25) is 0 Å². The van der Waals surface area contributed by atoms with Crippen molar-refractivity contribution in [2.75, 3.05) is 20.8 Å². The van der Waals surface area contributed by atoms with E-state index in [-0.39, 0.29) is 0 Å². The lowest BCUT2D eigenvalue weighted by Crippen LogP contribution is -2.35. The molecule has 2 aromatic carbocycles. The van der Waals surface area contributed by atoms with Crippen LogP contribution in [0.15, 0.2) is 48.5 Å². The number of para-hydroxylation sites is 1. The molecule has 0 saturated carbocycles. The zero-order valence-electron chi connectivity index (χ0n) is 15.7. The number of methoxy groups -OCH3 is 1. The van der Waals surface area contributed by atoms with Crippen LogP contribution in [-0.2, 0) is 19.5 Å². The van der Waals surface area contributed by atoms with Crippen LogP contribution < -0.4 is 9.47 Å². The summed E-state index contributed by atoms with van der Waals surface area (Å²) >= 11 is 0. The Morgan fingerprint density at radius 2 is 1.88 bits per heavy atom. The van der Waals surface area contributed by atoms with Gasteiger partial charge in [0.25, 0.3) is 0 Å². The number of aromatic nitrogens is 1. The zero-order valence-corrected chi connectivity index (χ0v) is 15.7. The van der Waals surface area contributed by atoms with Crippen LogP contribution in [0.5, 0.6) is 11.5 Å². The van der Waals surface area contributed by atoms with Gasteiger partial charge in [0.15, 0.2) is 0 Å². The van der Waals surface area contributed by atoms with E-state index in [1.54, 1.807) is 7.11 Å². The third-order valence-electron chi connectivity index (χ3n) is 5.47. The summed E-state index contributed by atoms with van der Waals surface area (Å²) in [5.74, 6) is 1.84. The molecule has 4 nitrogen and oxygen atoms in total. The van der Waals surface area contributed by atoms with Crippen LogP contribution in [0, 0.1) is 0 Å². The van der Waals surface area contributed by atoms with Crippen LogP contribution in [0.1, 0.15) is 18.2 Å². The van der Waals surface area contributed by atoms with Gasteiger partial charge in [0.1, 0.15) is 18.1 Å². The first-order valence-corrected chi connectivity index (χ1v) is 9.23. The molecule has 0 radical (unpaired) electrons. The Hall–Kier alpha value is -2.46. The lowest BCUT2D eigenvalue weighted by atomic mass is 10.00. The molecule has 1 atom stereocenters. The molecule has 1 aromatic heterocycles. The largest absolute Gasteiger partial charge is 0.497 e. The summed E-state index contributed by atoms with van der Waals surface area (Å²) in [5, 5.41) is 1.30. The Balaban J connectivity index is 1.68. The van der Waals surface area contributed by atoms with E-state index < -0.39 is 0 Å². The van der Waals surface area contributed by atoms with Gasteiger partial charge in [0, 0.05) is 35.6 Å². The highest BCUT2D eigenvalue weighted by Gasteiger charge is 2.26. The highest BCUT2D eigenvalue weighted by atomic mass is 16.5. The fourth-order valence-corrected chi connectivity index (χ4v) is 3.86. The Morgan fingerprint density at radius 3 is 2.65 bits per heavy atom. The summed E-state index contributed by atoms with van der Waals surface area (Å²) in [7, 11) is 3.93. The number of nitrogens with zero attached hydrogens (tertiary/aromatic N) is 2. The molecule has 2 heterocycles. The Morgan fingerprint density at radius 1 is 1.08 bits per heavy atom. The van der Waals surface area contributed by atoms with Gasteiger partial charge >= 0.3 is 0 Å². The lowest BCUT2D eigenvalue weighted by molar-refractivity contribution is 0.225. The second-order valence-electron chi connectivity index (χ2n) is 7.09. The number of rotatable bonds is 5. The van der Waals surface area contributed by atoms with Crippen molar-refractivity contribution in [3.63, 3.8) is 0 Å². The molecular formula is C22H26N2O2. The van der Waals surface area contributed by atoms with Crippen molar-refractivity contribution in [2.24, 2.45) is 0 Å². The quantitative estimate of drug-likeness (QED) is 0.693. The van der Waals surface area contributed by atoms with Gasteiger partial charge < -0.3 is 14.0 Å². The molecule has 0 aliphatic carbocycles. The molecule has 4 heteroatoms. The highest BCUT2D eigenvalue weighted by molar-refractivity contribution is 5.87. The average Bonchev–Trinajstić information content (AvgIpc) is 2.95. The van der Waals surface area contributed by atoms with E-state index in [1.807, 2.05) is 30.3 Å². The van der Waals surface area contributed by atoms with Gasteiger partial charge in [-0.15, -0.1) is 0 Å². The first kappa shape index (κ1) is 17.0. The summed E-state index contributed by atoms with van der Waals surface area (Å²) in [4.78, 5) is 2.42. The van der Waals surface area contributed by atoms with Gasteiger partial charge in [-0.05, 0) is 49.9 Å². The lowest BCUT2D eigenvalue weighted by Gasteiger charge is -2.31. The molecule has 0 bridgehead atoms. The van der Waals surface area contributed by atoms with Crippen LogP contribution in [0.2, 0.25) is 0 Å². The van der Waals surface area contributed by atoms with E-state index in [0.29, 0.717) is 12.6 Å². The second kappa shape index (κ2) is 7.04. The smallest absolute Gasteiger partial charge is 0.119 e. The maximum Gasteiger partial charge on any atom is 0.119 e. The summed E-state index contributed by atoms with van der Waals surface area (Å²) in [5.41, 5.74) is 4.14. The minimum atomic E-state index is 0.544. The highest BCUT2D eigenvalue weighted by Crippen LogP contribution is 2.34. The Labute approximate surface area is 154 Å². The average molecular weight is 350 g/mol. The van der Waals surface area contributed by atoms with Gasteiger partial charge in [0.05, 0.1) is 13.7 Å². The molecule has 1 aliphatic heterocycles. The number of ether oxygens (including phenoxy) is 2. The fourth-order valence-electron chi connectivity index (χ4n) is 3.86. The molecule has 0 spiro atoms. The van der Waals surface area contributed by atoms with Crippen molar-refractivity contribution in [3.05, 3.63) is 59.8 Å². The van der Waals surface area contributed by atoms with Crippen molar-refractivity contribution < 1.29 is 9.47 Å². The molecule has 4 rings (SSSR count). The molecule has 0 fully saturated rings. The van der Waals surface area contributed by atoms with Crippen molar-refractivity contribution in [1.29, 1.82) is 0 Å². The number of hydrogen-bond acceptors (Lipinski definition) is 3. The van der Waals surface area contributed by atoms with Crippen molar-refractivity contribution in [3.8, 4) is 11.5 Å². The van der Waals surface area contributed by atoms with Gasteiger partial charge in [-0.2, -0.15) is 0 Å². The van der Waals surface area contributed by atoms with Gasteiger partial charge in [-0.1, -0.05) is 18.2 Å². The second-order valence-corrected chi connectivity index (χ2v) is 7.09. The SMILES string of the molecule is COc1ccc2c(c1)c1c(n2CCOc2ccccc2)CC(C)N(C)C1. The van der Waals surface area contributed by atoms with E-state index in [2.05, 4.69) is 41.6 Å². The van der Waals surface area contributed by atoms with E-state index in [0.717, 1.165) is 31.0 Å². The molecule has 1 unspecified atom stereocenters. The van der Waals surface area contributed by atoms with Gasteiger partial charge in [-0.25, -0.2) is 0 Å². The zero-order chi connectivity index (χ0) is 18.1. The molecule has 3 aromatic rings. The van der Waals surface area contributed by atoms with Crippen molar-refractivity contribution in [1.82, 2.24) is 9.47 Å². The predicted octanol–water partition coefficient (Wildman–Crippen LogP) is 4.11. The van der Waals surface area contributed by atoms with Crippen LogP contribution in [0.4, 0.5) is 0 Å².